The third-order valence-corrected chi connectivity index (χ3v) is 2.56. The van der Waals surface area contributed by atoms with Gasteiger partial charge in [0.05, 0.1) is 0 Å². The summed E-state index contributed by atoms with van der Waals surface area (Å²) in [7, 11) is -3.64. The van der Waals surface area contributed by atoms with E-state index in [1.165, 1.54) is 12.1 Å². The molecule has 1 heterocycles. The van der Waals surface area contributed by atoms with Crippen molar-refractivity contribution in [1.29, 1.82) is 0 Å². The molecule has 0 atom stereocenters. The van der Waals surface area contributed by atoms with Gasteiger partial charge < -0.3 is 0 Å². The Hall–Kier alpha value is -1.21. The van der Waals surface area contributed by atoms with Crippen LogP contribution in [-0.2, 0) is 10.2 Å². The number of anilines is 1. The lowest BCUT2D eigenvalue weighted by Crippen LogP contribution is -2.31. The fraction of sp³-hybridized carbons (Fsp3) is 0.375. The van der Waals surface area contributed by atoms with Gasteiger partial charge in [0.15, 0.2) is 0 Å². The van der Waals surface area contributed by atoms with Crippen LogP contribution >= 0.6 is 0 Å². The lowest BCUT2D eigenvalue weighted by Gasteiger charge is -2.07. The molecule has 7 heteroatoms. The highest BCUT2D eigenvalue weighted by atomic mass is 32.2. The molecule has 2 N–H and O–H groups in total. The second-order valence-corrected chi connectivity index (χ2v) is 4.35. The van der Waals surface area contributed by atoms with Crippen molar-refractivity contribution in [1.82, 2.24) is 9.71 Å². The Labute approximate surface area is 87.9 Å². The van der Waals surface area contributed by atoms with Gasteiger partial charge in [-0.1, -0.05) is 13.0 Å². The second kappa shape index (κ2) is 5.04. The predicted molar refractivity (Wildman–Crippen MR) is 55.0 cm³/mol. The van der Waals surface area contributed by atoms with E-state index in [1.807, 2.05) is 6.92 Å². The van der Waals surface area contributed by atoms with Crippen molar-refractivity contribution in [3.8, 4) is 0 Å². The average molecular weight is 233 g/mol. The Morgan fingerprint density at radius 2 is 2.20 bits per heavy atom. The molecule has 0 radical (unpaired) electrons. The van der Waals surface area contributed by atoms with E-state index in [-0.39, 0.29) is 5.82 Å². The van der Waals surface area contributed by atoms with Crippen LogP contribution in [0.1, 0.15) is 13.3 Å². The Morgan fingerprint density at radius 1 is 1.47 bits per heavy atom. The van der Waals surface area contributed by atoms with Crippen LogP contribution in [0.4, 0.5) is 10.2 Å². The topological polar surface area (TPSA) is 71.1 Å². The SMILES string of the molecule is CCCNS(=O)(=O)Nc1cccc(F)n1. The normalized spacial score (nSPS) is 11.3. The molecule has 0 bridgehead atoms. The molecule has 0 aliphatic carbocycles. The van der Waals surface area contributed by atoms with Crippen molar-refractivity contribution >= 4 is 16.0 Å². The lowest BCUT2D eigenvalue weighted by atomic mass is 10.5. The highest BCUT2D eigenvalue weighted by Gasteiger charge is 2.09. The molecule has 84 valence electrons. The minimum absolute atomic E-state index is 0.0430. The van der Waals surface area contributed by atoms with E-state index in [2.05, 4.69) is 14.4 Å². The monoisotopic (exact) mass is 233 g/mol. The first-order valence-corrected chi connectivity index (χ1v) is 5.92. The number of nitrogens with zero attached hydrogens (tertiary/aromatic N) is 1. The molecule has 1 aromatic heterocycles. The summed E-state index contributed by atoms with van der Waals surface area (Å²) in [6.45, 7) is 2.16. The summed E-state index contributed by atoms with van der Waals surface area (Å²) in [4.78, 5) is 3.37. The van der Waals surface area contributed by atoms with Crippen LogP contribution in [0, 0.1) is 5.95 Å². The molecule has 0 saturated heterocycles. The quantitative estimate of drug-likeness (QED) is 0.741. The molecule has 0 aliphatic rings. The fourth-order valence-corrected chi connectivity index (χ4v) is 1.81. The molecule has 15 heavy (non-hydrogen) atoms. The third-order valence-electron chi connectivity index (χ3n) is 1.50. The largest absolute Gasteiger partial charge is 0.300 e. The maximum atomic E-state index is 12.6. The van der Waals surface area contributed by atoms with Gasteiger partial charge in [-0.3, -0.25) is 4.72 Å². The zero-order valence-electron chi connectivity index (χ0n) is 8.20. The van der Waals surface area contributed by atoms with Crippen LogP contribution in [0.2, 0.25) is 0 Å². The molecular formula is C8H12FN3O2S. The van der Waals surface area contributed by atoms with E-state index in [4.69, 9.17) is 0 Å². The number of pyridine rings is 1. The maximum Gasteiger partial charge on any atom is 0.300 e. The Balaban J connectivity index is 2.69. The van der Waals surface area contributed by atoms with Gasteiger partial charge in [0, 0.05) is 6.54 Å². The van der Waals surface area contributed by atoms with Crippen molar-refractivity contribution in [2.24, 2.45) is 0 Å². The highest BCUT2D eigenvalue weighted by molar-refractivity contribution is 7.90. The zero-order chi connectivity index (χ0) is 11.3. The Bertz CT molecular complexity index is 422. The molecule has 5 nitrogen and oxygen atoms in total. The number of halogens is 1. The molecule has 0 spiro atoms. The number of hydrogen-bond donors (Lipinski definition) is 2. The first-order valence-electron chi connectivity index (χ1n) is 4.43. The van der Waals surface area contributed by atoms with Gasteiger partial charge in [0.2, 0.25) is 5.95 Å². The maximum absolute atomic E-state index is 12.6. The lowest BCUT2D eigenvalue weighted by molar-refractivity contribution is 0.581. The van der Waals surface area contributed by atoms with E-state index >= 15 is 0 Å². The highest BCUT2D eigenvalue weighted by Crippen LogP contribution is 2.04. The number of aromatic nitrogens is 1. The minimum atomic E-state index is -3.64. The van der Waals surface area contributed by atoms with Gasteiger partial charge in [-0.15, -0.1) is 0 Å². The van der Waals surface area contributed by atoms with Crippen molar-refractivity contribution in [3.05, 3.63) is 24.1 Å². The summed E-state index contributed by atoms with van der Waals surface area (Å²) < 4.78 is 39.6. The summed E-state index contributed by atoms with van der Waals surface area (Å²) >= 11 is 0. The second-order valence-electron chi connectivity index (χ2n) is 2.85. The van der Waals surface area contributed by atoms with E-state index < -0.39 is 16.2 Å². The van der Waals surface area contributed by atoms with Crippen molar-refractivity contribution in [2.45, 2.75) is 13.3 Å². The van der Waals surface area contributed by atoms with E-state index in [9.17, 15) is 12.8 Å². The summed E-state index contributed by atoms with van der Waals surface area (Å²) in [5, 5.41) is 0. The summed E-state index contributed by atoms with van der Waals surface area (Å²) in [5.74, 6) is -0.774. The first kappa shape index (κ1) is 11.9. The minimum Gasteiger partial charge on any atom is -0.255 e. The molecule has 0 aromatic carbocycles. The van der Waals surface area contributed by atoms with Gasteiger partial charge in [0.25, 0.3) is 10.2 Å². The van der Waals surface area contributed by atoms with Crippen molar-refractivity contribution in [3.63, 3.8) is 0 Å². The van der Waals surface area contributed by atoms with E-state index in [0.717, 1.165) is 6.07 Å². The number of rotatable bonds is 5. The van der Waals surface area contributed by atoms with E-state index in [0.29, 0.717) is 13.0 Å². The molecule has 1 aromatic rings. The Kier molecular flexibility index (Phi) is 3.98. The summed E-state index contributed by atoms with van der Waals surface area (Å²) in [6.07, 6.45) is 0.678. The number of nitrogens with one attached hydrogen (secondary N) is 2. The average Bonchev–Trinajstić information content (AvgIpc) is 2.14. The predicted octanol–water partition coefficient (Wildman–Crippen LogP) is 0.877. The molecule has 1 rings (SSSR count). The molecule has 0 saturated carbocycles. The van der Waals surface area contributed by atoms with Crippen molar-refractivity contribution in [2.75, 3.05) is 11.3 Å². The van der Waals surface area contributed by atoms with Crippen LogP contribution in [0.15, 0.2) is 18.2 Å². The van der Waals surface area contributed by atoms with Gasteiger partial charge in [0.1, 0.15) is 5.82 Å². The summed E-state index contributed by atoms with van der Waals surface area (Å²) in [6, 6.07) is 3.88. The number of hydrogen-bond acceptors (Lipinski definition) is 3. The van der Waals surface area contributed by atoms with Crippen molar-refractivity contribution < 1.29 is 12.8 Å². The molecule has 0 amide bonds. The van der Waals surface area contributed by atoms with Crippen LogP contribution in [0.25, 0.3) is 0 Å². The smallest absolute Gasteiger partial charge is 0.255 e. The van der Waals surface area contributed by atoms with Crippen LogP contribution in [-0.4, -0.2) is 19.9 Å². The standard InChI is InChI=1S/C8H12FN3O2S/c1-2-6-10-15(13,14)12-8-5-3-4-7(9)11-8/h3-5,10H,2,6H2,1H3,(H,11,12). The van der Waals surface area contributed by atoms with Crippen LogP contribution < -0.4 is 9.44 Å². The molecular weight excluding hydrogens is 221 g/mol. The third kappa shape index (κ3) is 4.22. The molecule has 0 unspecified atom stereocenters. The summed E-state index contributed by atoms with van der Waals surface area (Å²) in [5.41, 5.74) is 0. The van der Waals surface area contributed by atoms with Crippen LogP contribution in [0.3, 0.4) is 0 Å². The van der Waals surface area contributed by atoms with Gasteiger partial charge in [-0.2, -0.15) is 17.5 Å². The van der Waals surface area contributed by atoms with E-state index in [1.54, 1.807) is 0 Å². The first-order chi connectivity index (χ1) is 7.03. The van der Waals surface area contributed by atoms with Gasteiger partial charge >= 0.3 is 0 Å². The van der Waals surface area contributed by atoms with Gasteiger partial charge in [-0.25, -0.2) is 4.98 Å². The fourth-order valence-electron chi connectivity index (χ4n) is 0.875. The molecule has 0 aliphatic heterocycles. The zero-order valence-corrected chi connectivity index (χ0v) is 9.01. The van der Waals surface area contributed by atoms with Crippen LogP contribution in [0.5, 0.6) is 0 Å². The van der Waals surface area contributed by atoms with Gasteiger partial charge in [-0.05, 0) is 18.6 Å². The Morgan fingerprint density at radius 3 is 2.80 bits per heavy atom. The molecule has 0 fully saturated rings.